The van der Waals surface area contributed by atoms with E-state index < -0.39 is 24.2 Å². The van der Waals surface area contributed by atoms with Crippen molar-refractivity contribution >= 4 is 17.7 Å². The summed E-state index contributed by atoms with van der Waals surface area (Å²) < 4.78 is 6.06. The zero-order valence-electron chi connectivity index (χ0n) is 21.4. The van der Waals surface area contributed by atoms with Crippen molar-refractivity contribution in [3.63, 3.8) is 0 Å². The molecular weight excluding hydrogens is 444 g/mol. The van der Waals surface area contributed by atoms with Gasteiger partial charge in [-0.25, -0.2) is 9.78 Å². The second kappa shape index (κ2) is 9.49. The van der Waals surface area contributed by atoms with Gasteiger partial charge < -0.3 is 25.0 Å². The maximum absolute atomic E-state index is 14.2. The summed E-state index contributed by atoms with van der Waals surface area (Å²) in [5.41, 5.74) is 1.40. The third-order valence-corrected chi connectivity index (χ3v) is 7.10. The fourth-order valence-corrected chi connectivity index (χ4v) is 5.79. The molecule has 1 saturated heterocycles. The van der Waals surface area contributed by atoms with Crippen LogP contribution in [-0.2, 0) is 16.0 Å². The molecule has 1 aromatic carbocycles. The van der Waals surface area contributed by atoms with Crippen LogP contribution in [0.15, 0.2) is 42.6 Å². The zero-order chi connectivity index (χ0) is 25.5. The zero-order valence-corrected chi connectivity index (χ0v) is 21.4. The van der Waals surface area contributed by atoms with Crippen LogP contribution in [-0.4, -0.2) is 65.7 Å². The third-order valence-electron chi connectivity index (χ3n) is 7.10. The molecule has 1 amide bonds. The number of likely N-dealkylation sites (tertiary alicyclic amines) is 1. The minimum absolute atomic E-state index is 0.281. The van der Waals surface area contributed by atoms with E-state index in [0.717, 1.165) is 11.1 Å². The molecule has 1 fully saturated rings. The SMILES string of the molecule is CCN[C@H]1[C@H](C(C)(C)C)[C@@H](C(=O)O)N(C(=O)C2Cc3ccccc3O2)[C@H]1c1cccnc1N(C)C. The van der Waals surface area contributed by atoms with Gasteiger partial charge in [0.25, 0.3) is 5.91 Å². The van der Waals surface area contributed by atoms with Crippen molar-refractivity contribution in [3.05, 3.63) is 53.7 Å². The number of nitrogens with one attached hydrogen (secondary N) is 1. The van der Waals surface area contributed by atoms with Crippen molar-refractivity contribution in [1.29, 1.82) is 0 Å². The summed E-state index contributed by atoms with van der Waals surface area (Å²) in [6, 6.07) is 9.57. The molecule has 0 aliphatic carbocycles. The second-order valence-electron chi connectivity index (χ2n) is 10.7. The highest BCUT2D eigenvalue weighted by Gasteiger charge is 2.59. The molecule has 1 aromatic heterocycles. The number of ether oxygens (including phenoxy) is 1. The Balaban J connectivity index is 1.87. The van der Waals surface area contributed by atoms with E-state index in [4.69, 9.17) is 4.74 Å². The minimum atomic E-state index is -1.01. The number of rotatable bonds is 6. The van der Waals surface area contributed by atoms with Crippen LogP contribution in [0.2, 0.25) is 0 Å². The lowest BCUT2D eigenvalue weighted by Gasteiger charge is -2.35. The molecule has 0 saturated carbocycles. The Bertz CT molecular complexity index is 1070. The standard InChI is InChI=1S/C27H36N4O4/c1-7-28-21-20(27(2,3)4)23(26(33)34)31(22(21)17-12-10-14-29-24(17)30(5)6)25(32)19-15-16-11-8-9-13-18(16)35-19/h8-14,19-23,28H,7,15H2,1-6H3,(H,33,34)/t19?,20-,21-,22-,23-/m0/s1. The number of anilines is 1. The van der Waals surface area contributed by atoms with Crippen LogP contribution in [0.25, 0.3) is 0 Å². The first-order valence-electron chi connectivity index (χ1n) is 12.2. The molecule has 0 bridgehead atoms. The van der Waals surface area contributed by atoms with Crippen molar-refractivity contribution in [2.24, 2.45) is 11.3 Å². The van der Waals surface area contributed by atoms with E-state index in [0.29, 0.717) is 24.5 Å². The highest BCUT2D eigenvalue weighted by atomic mass is 16.5. The number of nitrogens with zero attached hydrogens (tertiary/aromatic N) is 3. The van der Waals surface area contributed by atoms with E-state index in [1.165, 1.54) is 0 Å². The molecule has 188 valence electrons. The molecule has 8 nitrogen and oxygen atoms in total. The van der Waals surface area contributed by atoms with Gasteiger partial charge in [-0.1, -0.05) is 52.0 Å². The highest BCUT2D eigenvalue weighted by Crippen LogP contribution is 2.50. The van der Waals surface area contributed by atoms with Crippen LogP contribution in [0, 0.1) is 11.3 Å². The number of aliphatic carboxylic acids is 1. The first-order chi connectivity index (χ1) is 16.6. The van der Waals surface area contributed by atoms with Gasteiger partial charge in [0.2, 0.25) is 0 Å². The van der Waals surface area contributed by atoms with E-state index in [1.807, 2.05) is 83.1 Å². The number of hydrogen-bond acceptors (Lipinski definition) is 6. The quantitative estimate of drug-likeness (QED) is 0.656. The number of amides is 1. The normalized spacial score (nSPS) is 25.8. The number of pyridine rings is 1. The summed E-state index contributed by atoms with van der Waals surface area (Å²) in [5.74, 6) is -0.254. The number of para-hydroxylation sites is 1. The lowest BCUT2D eigenvalue weighted by atomic mass is 9.72. The van der Waals surface area contributed by atoms with Crippen LogP contribution >= 0.6 is 0 Å². The van der Waals surface area contributed by atoms with E-state index in [9.17, 15) is 14.7 Å². The average Bonchev–Trinajstić information content (AvgIpc) is 3.38. The molecule has 5 atom stereocenters. The van der Waals surface area contributed by atoms with Crippen molar-refractivity contribution in [3.8, 4) is 5.75 Å². The number of likely N-dealkylation sites (N-methyl/N-ethyl adjacent to an activating group) is 1. The number of carboxylic acids is 1. The summed E-state index contributed by atoms with van der Waals surface area (Å²) in [5, 5.41) is 14.1. The monoisotopic (exact) mass is 480 g/mol. The first kappa shape index (κ1) is 25.0. The molecule has 2 N–H and O–H groups in total. The number of carboxylic acid groups (broad SMARTS) is 1. The summed E-state index contributed by atoms with van der Waals surface area (Å²) in [4.78, 5) is 35.1. The van der Waals surface area contributed by atoms with Gasteiger partial charge in [-0.05, 0) is 29.7 Å². The Morgan fingerprint density at radius 1 is 1.20 bits per heavy atom. The minimum Gasteiger partial charge on any atom is -0.480 e. The number of carbonyl (C=O) groups excluding carboxylic acids is 1. The van der Waals surface area contributed by atoms with Crippen LogP contribution in [0.3, 0.4) is 0 Å². The topological polar surface area (TPSA) is 95.0 Å². The lowest BCUT2D eigenvalue weighted by molar-refractivity contribution is -0.155. The Kier molecular flexibility index (Phi) is 6.77. The second-order valence-corrected chi connectivity index (χ2v) is 10.7. The molecule has 2 aliphatic heterocycles. The average molecular weight is 481 g/mol. The van der Waals surface area contributed by atoms with Gasteiger partial charge in [0, 0.05) is 44.2 Å². The fourth-order valence-electron chi connectivity index (χ4n) is 5.79. The number of benzene rings is 1. The third kappa shape index (κ3) is 4.47. The molecule has 2 aromatic rings. The highest BCUT2D eigenvalue weighted by molar-refractivity contribution is 5.89. The molecule has 1 unspecified atom stereocenters. The van der Waals surface area contributed by atoms with Crippen molar-refractivity contribution in [1.82, 2.24) is 15.2 Å². The van der Waals surface area contributed by atoms with E-state index in [-0.39, 0.29) is 23.3 Å². The van der Waals surface area contributed by atoms with Crippen molar-refractivity contribution in [2.45, 2.75) is 58.3 Å². The summed E-state index contributed by atoms with van der Waals surface area (Å²) in [6.45, 7) is 8.78. The molecular formula is C27H36N4O4. The van der Waals surface area contributed by atoms with E-state index in [2.05, 4.69) is 10.3 Å². The largest absolute Gasteiger partial charge is 0.480 e. The molecule has 2 aliphatic rings. The number of aromatic nitrogens is 1. The smallest absolute Gasteiger partial charge is 0.326 e. The Morgan fingerprint density at radius 2 is 1.91 bits per heavy atom. The fraction of sp³-hybridized carbons (Fsp3) is 0.519. The molecule has 0 radical (unpaired) electrons. The molecule has 4 rings (SSSR count). The van der Waals surface area contributed by atoms with Crippen LogP contribution < -0.4 is 15.0 Å². The molecule has 3 heterocycles. The van der Waals surface area contributed by atoms with Gasteiger partial charge in [-0.2, -0.15) is 0 Å². The summed E-state index contributed by atoms with van der Waals surface area (Å²) >= 11 is 0. The lowest BCUT2D eigenvalue weighted by Crippen LogP contribution is -2.51. The van der Waals surface area contributed by atoms with E-state index in [1.54, 1.807) is 11.1 Å². The van der Waals surface area contributed by atoms with Gasteiger partial charge in [0.1, 0.15) is 17.6 Å². The predicted octanol–water partition coefficient (Wildman–Crippen LogP) is 3.13. The molecule has 0 spiro atoms. The van der Waals surface area contributed by atoms with Crippen LogP contribution in [0.4, 0.5) is 5.82 Å². The Labute approximate surface area is 207 Å². The summed E-state index contributed by atoms with van der Waals surface area (Å²) in [6.07, 6.45) is 1.37. The Morgan fingerprint density at radius 3 is 2.51 bits per heavy atom. The van der Waals surface area contributed by atoms with E-state index >= 15 is 0 Å². The number of carbonyl (C=O) groups is 2. The number of fused-ring (bicyclic) bond motifs is 1. The van der Waals surface area contributed by atoms with Crippen LogP contribution in [0.1, 0.15) is 44.9 Å². The molecule has 8 heteroatoms. The maximum atomic E-state index is 14.2. The predicted molar refractivity (Wildman–Crippen MR) is 135 cm³/mol. The summed E-state index contributed by atoms with van der Waals surface area (Å²) in [7, 11) is 3.81. The van der Waals surface area contributed by atoms with Crippen LogP contribution in [0.5, 0.6) is 5.75 Å². The van der Waals surface area contributed by atoms with Gasteiger partial charge in [0.05, 0.1) is 6.04 Å². The number of hydrogen-bond donors (Lipinski definition) is 2. The first-order valence-corrected chi connectivity index (χ1v) is 12.2. The van der Waals surface area contributed by atoms with Gasteiger partial charge in [-0.3, -0.25) is 4.79 Å². The molecule has 35 heavy (non-hydrogen) atoms. The van der Waals surface area contributed by atoms with Gasteiger partial charge >= 0.3 is 5.97 Å². The van der Waals surface area contributed by atoms with Gasteiger partial charge in [0.15, 0.2) is 6.10 Å². The van der Waals surface area contributed by atoms with Crippen molar-refractivity contribution in [2.75, 3.05) is 25.5 Å². The Hall–Kier alpha value is -3.13. The van der Waals surface area contributed by atoms with Gasteiger partial charge in [-0.15, -0.1) is 0 Å². The van der Waals surface area contributed by atoms with Crippen molar-refractivity contribution < 1.29 is 19.4 Å². The maximum Gasteiger partial charge on any atom is 0.326 e.